The second-order valence-electron chi connectivity index (χ2n) is 7.58. The minimum absolute atomic E-state index is 0. The fraction of sp³-hybridized carbons (Fsp3) is 0.526. The Morgan fingerprint density at radius 1 is 1.25 bits per heavy atom. The highest BCUT2D eigenvalue weighted by Gasteiger charge is 2.48. The van der Waals surface area contributed by atoms with Crippen LogP contribution in [0.15, 0.2) is 24.3 Å². The Kier molecular flexibility index (Phi) is 4.67. The van der Waals surface area contributed by atoms with Gasteiger partial charge in [0.2, 0.25) is 0 Å². The largest absolute Gasteiger partial charge is 0.346 e. The summed E-state index contributed by atoms with van der Waals surface area (Å²) in [5.41, 5.74) is 1.30. The number of halogens is 1. The number of nitrogens with one attached hydrogen (secondary N) is 1. The first-order chi connectivity index (χ1) is 10.9. The Bertz CT molecular complexity index is 762. The topological polar surface area (TPSA) is 32.3 Å². The van der Waals surface area contributed by atoms with Crippen molar-refractivity contribution in [2.75, 3.05) is 13.1 Å². The molecule has 130 valence electrons. The van der Waals surface area contributed by atoms with E-state index in [0.717, 1.165) is 4.88 Å². The molecule has 4 heterocycles. The van der Waals surface area contributed by atoms with Crippen LogP contribution in [0.3, 0.4) is 0 Å². The molecule has 1 amide bonds. The number of rotatable bonds is 2. The van der Waals surface area contributed by atoms with Crippen LogP contribution in [0.25, 0.3) is 10.1 Å². The van der Waals surface area contributed by atoms with Crippen LogP contribution in [0.2, 0.25) is 0 Å². The monoisotopic (exact) mass is 364 g/mol. The number of carbonyl (C=O) groups is 1. The highest BCUT2D eigenvalue weighted by molar-refractivity contribution is 7.20. The number of carbonyl (C=O) groups excluding carboxylic acids is 1. The molecule has 1 aromatic heterocycles. The third-order valence-corrected chi connectivity index (χ3v) is 6.88. The number of benzene rings is 1. The Labute approximate surface area is 153 Å². The van der Waals surface area contributed by atoms with Crippen molar-refractivity contribution in [3.8, 4) is 0 Å². The van der Waals surface area contributed by atoms with Crippen molar-refractivity contribution >= 4 is 39.7 Å². The summed E-state index contributed by atoms with van der Waals surface area (Å²) in [5, 5.41) is 4.54. The van der Waals surface area contributed by atoms with Crippen LogP contribution in [0.1, 0.15) is 41.9 Å². The van der Waals surface area contributed by atoms with Gasteiger partial charge in [-0.3, -0.25) is 9.69 Å². The van der Waals surface area contributed by atoms with Crippen LogP contribution in [-0.2, 0) is 0 Å². The maximum Gasteiger partial charge on any atom is 0.261 e. The molecule has 2 aromatic rings. The lowest BCUT2D eigenvalue weighted by Gasteiger charge is -2.56. The second-order valence-corrected chi connectivity index (χ2v) is 8.66. The van der Waals surface area contributed by atoms with E-state index in [1.165, 1.54) is 41.6 Å². The molecule has 0 radical (unpaired) electrons. The van der Waals surface area contributed by atoms with Gasteiger partial charge in [-0.25, -0.2) is 0 Å². The van der Waals surface area contributed by atoms with Gasteiger partial charge < -0.3 is 5.32 Å². The van der Waals surface area contributed by atoms with Crippen molar-refractivity contribution in [3.63, 3.8) is 0 Å². The second kappa shape index (κ2) is 6.32. The SMILES string of the molecule is Cc1ccc2sc(C(=O)NC3C4CCN(CC4)C3(C)C)cc2c1.Cl. The lowest BCUT2D eigenvalue weighted by Crippen LogP contribution is -2.69. The summed E-state index contributed by atoms with van der Waals surface area (Å²) in [6.07, 6.45) is 2.42. The molecule has 0 aliphatic carbocycles. The van der Waals surface area contributed by atoms with Crippen molar-refractivity contribution in [1.82, 2.24) is 10.2 Å². The number of aryl methyl sites for hydroxylation is 1. The van der Waals surface area contributed by atoms with E-state index in [0.29, 0.717) is 5.92 Å². The summed E-state index contributed by atoms with van der Waals surface area (Å²) in [4.78, 5) is 16.2. The standard InChI is InChI=1S/C19H24N2OS.ClH/c1-12-4-5-15-14(10-12)11-16(23-15)18(22)20-17-13-6-8-21(9-7-13)19(17,2)3;/h4-5,10-11,13,17H,6-9H2,1-3H3,(H,20,22);1H. The van der Waals surface area contributed by atoms with Gasteiger partial charge in [0, 0.05) is 16.3 Å². The van der Waals surface area contributed by atoms with Crippen LogP contribution >= 0.6 is 23.7 Å². The lowest BCUT2D eigenvalue weighted by molar-refractivity contribution is -0.0377. The molecule has 0 saturated carbocycles. The van der Waals surface area contributed by atoms with E-state index < -0.39 is 0 Å². The molecule has 3 aliphatic rings. The van der Waals surface area contributed by atoms with Crippen LogP contribution < -0.4 is 5.32 Å². The predicted molar refractivity (Wildman–Crippen MR) is 103 cm³/mol. The Morgan fingerprint density at radius 3 is 2.62 bits per heavy atom. The number of amides is 1. The highest BCUT2D eigenvalue weighted by Crippen LogP contribution is 2.39. The van der Waals surface area contributed by atoms with Crippen LogP contribution in [0, 0.1) is 12.8 Å². The molecule has 2 bridgehead atoms. The summed E-state index contributed by atoms with van der Waals surface area (Å²) < 4.78 is 1.19. The summed E-state index contributed by atoms with van der Waals surface area (Å²) >= 11 is 1.60. The maximum absolute atomic E-state index is 12.8. The predicted octanol–water partition coefficient (Wildman–Crippen LogP) is 4.23. The van der Waals surface area contributed by atoms with E-state index >= 15 is 0 Å². The summed E-state index contributed by atoms with van der Waals surface area (Å²) in [6, 6.07) is 8.67. The van der Waals surface area contributed by atoms with Gasteiger partial charge in [0.1, 0.15) is 0 Å². The molecule has 3 saturated heterocycles. The molecule has 3 fully saturated rings. The van der Waals surface area contributed by atoms with Gasteiger partial charge in [-0.2, -0.15) is 0 Å². The molecule has 5 rings (SSSR count). The summed E-state index contributed by atoms with van der Waals surface area (Å²) in [7, 11) is 0. The zero-order valence-corrected chi connectivity index (χ0v) is 16.1. The Balaban J connectivity index is 0.00000169. The van der Waals surface area contributed by atoms with Gasteiger partial charge >= 0.3 is 0 Å². The zero-order valence-electron chi connectivity index (χ0n) is 14.5. The average molecular weight is 365 g/mol. The number of nitrogens with zero attached hydrogens (tertiary/aromatic N) is 1. The fourth-order valence-corrected chi connectivity index (χ4v) is 5.31. The minimum Gasteiger partial charge on any atom is -0.346 e. The highest BCUT2D eigenvalue weighted by atomic mass is 35.5. The van der Waals surface area contributed by atoms with Gasteiger partial charge in [0.15, 0.2) is 0 Å². The molecule has 5 heteroatoms. The quantitative estimate of drug-likeness (QED) is 0.864. The molecular weight excluding hydrogens is 340 g/mol. The van der Waals surface area contributed by atoms with Crippen molar-refractivity contribution < 1.29 is 4.79 Å². The first kappa shape index (κ1) is 17.7. The number of thiophene rings is 1. The third kappa shape index (κ3) is 2.85. The molecule has 24 heavy (non-hydrogen) atoms. The van der Waals surface area contributed by atoms with Gasteiger partial charge in [-0.1, -0.05) is 17.7 Å². The number of hydrogen-bond donors (Lipinski definition) is 1. The first-order valence-electron chi connectivity index (χ1n) is 8.51. The lowest BCUT2D eigenvalue weighted by atomic mass is 9.72. The third-order valence-electron chi connectivity index (χ3n) is 5.77. The van der Waals surface area contributed by atoms with Crippen LogP contribution in [0.4, 0.5) is 0 Å². The van der Waals surface area contributed by atoms with Crippen LogP contribution in [-0.4, -0.2) is 35.5 Å². The van der Waals surface area contributed by atoms with E-state index in [1.807, 2.05) is 6.07 Å². The van der Waals surface area contributed by atoms with Gasteiger partial charge in [-0.05, 0) is 70.1 Å². The smallest absolute Gasteiger partial charge is 0.261 e. The molecule has 3 aliphatic heterocycles. The van der Waals surface area contributed by atoms with Gasteiger partial charge in [0.05, 0.1) is 4.88 Å². The molecule has 1 N–H and O–H groups in total. The minimum atomic E-state index is 0. The molecule has 0 spiro atoms. The zero-order chi connectivity index (χ0) is 16.2. The Hall–Kier alpha value is -1.10. The molecular formula is C19H25ClN2OS. The summed E-state index contributed by atoms with van der Waals surface area (Å²) in [6.45, 7) is 8.99. The molecule has 1 unspecified atom stereocenters. The number of piperidine rings is 3. The van der Waals surface area contributed by atoms with Crippen LogP contribution in [0.5, 0.6) is 0 Å². The van der Waals surface area contributed by atoms with Crippen molar-refractivity contribution in [3.05, 3.63) is 34.7 Å². The summed E-state index contributed by atoms with van der Waals surface area (Å²) in [5.74, 6) is 0.714. The van der Waals surface area contributed by atoms with Crippen molar-refractivity contribution in [1.29, 1.82) is 0 Å². The molecule has 3 nitrogen and oxygen atoms in total. The van der Waals surface area contributed by atoms with Crippen molar-refractivity contribution in [2.24, 2.45) is 5.92 Å². The first-order valence-corrected chi connectivity index (χ1v) is 9.33. The maximum atomic E-state index is 12.8. The average Bonchev–Trinajstić information content (AvgIpc) is 2.94. The number of fused-ring (bicyclic) bond motifs is 4. The fourth-order valence-electron chi connectivity index (χ4n) is 4.36. The van der Waals surface area contributed by atoms with Gasteiger partial charge in [0.25, 0.3) is 5.91 Å². The number of hydrogen-bond acceptors (Lipinski definition) is 3. The van der Waals surface area contributed by atoms with E-state index in [1.54, 1.807) is 11.3 Å². The van der Waals surface area contributed by atoms with E-state index in [-0.39, 0.29) is 29.9 Å². The van der Waals surface area contributed by atoms with Gasteiger partial charge in [-0.15, -0.1) is 23.7 Å². The van der Waals surface area contributed by atoms with Crippen molar-refractivity contribution in [2.45, 2.75) is 45.2 Å². The normalized spacial score (nSPS) is 27.7. The molecule has 1 aromatic carbocycles. The Morgan fingerprint density at radius 2 is 1.96 bits per heavy atom. The van der Waals surface area contributed by atoms with E-state index in [4.69, 9.17) is 0 Å². The molecule has 1 atom stereocenters. The van der Waals surface area contributed by atoms with E-state index in [2.05, 4.69) is 49.2 Å². The van der Waals surface area contributed by atoms with E-state index in [9.17, 15) is 4.79 Å².